The first kappa shape index (κ1) is 12.9. The second-order valence-electron chi connectivity index (χ2n) is 3.72. The summed E-state index contributed by atoms with van der Waals surface area (Å²) in [7, 11) is -3.71. The van der Waals surface area contributed by atoms with Crippen molar-refractivity contribution in [2.24, 2.45) is 0 Å². The molecule has 0 fully saturated rings. The summed E-state index contributed by atoms with van der Waals surface area (Å²) in [6.45, 7) is 0. The largest absolute Gasteiger partial charge is 0.399 e. The van der Waals surface area contributed by atoms with Gasteiger partial charge in [-0.15, -0.1) is 0 Å². The highest BCUT2D eigenvalue weighted by Gasteiger charge is 2.14. The minimum atomic E-state index is -3.71. The van der Waals surface area contributed by atoms with Crippen LogP contribution in [0.5, 0.6) is 0 Å². The Balaban J connectivity index is 2.27. The molecule has 0 bridgehead atoms. The van der Waals surface area contributed by atoms with Gasteiger partial charge in [0.15, 0.2) is 0 Å². The van der Waals surface area contributed by atoms with Gasteiger partial charge in [-0.3, -0.25) is 4.72 Å². The number of aromatic nitrogens is 1. The maximum absolute atomic E-state index is 12.0. The van der Waals surface area contributed by atoms with Crippen molar-refractivity contribution in [1.82, 2.24) is 4.98 Å². The molecule has 0 atom stereocenters. The van der Waals surface area contributed by atoms with Gasteiger partial charge >= 0.3 is 0 Å². The number of nitrogens with one attached hydrogen (secondary N) is 1. The molecule has 0 amide bonds. The molecule has 0 spiro atoms. The zero-order valence-corrected chi connectivity index (χ0v) is 10.6. The monoisotopic (exact) mass is 274 g/mol. The van der Waals surface area contributed by atoms with E-state index >= 15 is 0 Å². The Morgan fingerprint density at radius 3 is 2.37 bits per heavy atom. The van der Waals surface area contributed by atoms with Gasteiger partial charge in [0, 0.05) is 17.6 Å². The van der Waals surface area contributed by atoms with Crippen molar-refractivity contribution in [1.29, 1.82) is 5.26 Å². The highest BCUT2D eigenvalue weighted by Crippen LogP contribution is 2.16. The Labute approximate surface area is 110 Å². The number of nitrogen functional groups attached to an aromatic ring is 1. The number of hydrogen-bond donors (Lipinski definition) is 2. The lowest BCUT2D eigenvalue weighted by Crippen LogP contribution is -2.13. The Kier molecular flexibility index (Phi) is 3.35. The van der Waals surface area contributed by atoms with Gasteiger partial charge in [0.05, 0.1) is 0 Å². The molecular formula is C12H10N4O2S. The maximum atomic E-state index is 12.0. The smallest absolute Gasteiger partial charge is 0.263 e. The summed E-state index contributed by atoms with van der Waals surface area (Å²) >= 11 is 0. The molecule has 2 rings (SSSR count). The molecule has 2 aromatic rings. The predicted octanol–water partition coefficient (Wildman–Crippen LogP) is 1.34. The third-order valence-corrected chi connectivity index (χ3v) is 3.69. The van der Waals surface area contributed by atoms with E-state index in [1.807, 2.05) is 6.07 Å². The number of hydrogen-bond acceptors (Lipinski definition) is 5. The van der Waals surface area contributed by atoms with E-state index in [2.05, 4.69) is 9.71 Å². The van der Waals surface area contributed by atoms with Crippen LogP contribution in [-0.4, -0.2) is 13.4 Å². The van der Waals surface area contributed by atoms with Gasteiger partial charge in [-0.25, -0.2) is 13.4 Å². The molecule has 0 radical (unpaired) electrons. The lowest BCUT2D eigenvalue weighted by atomic mass is 10.3. The van der Waals surface area contributed by atoms with Crippen molar-refractivity contribution >= 4 is 21.4 Å². The highest BCUT2D eigenvalue weighted by atomic mass is 32.2. The number of sulfonamides is 1. The van der Waals surface area contributed by atoms with Crippen LogP contribution >= 0.6 is 0 Å². The first-order valence-electron chi connectivity index (χ1n) is 5.26. The Hall–Kier alpha value is -2.59. The van der Waals surface area contributed by atoms with Gasteiger partial charge in [-0.1, -0.05) is 0 Å². The van der Waals surface area contributed by atoms with Crippen molar-refractivity contribution in [2.75, 3.05) is 10.5 Å². The summed E-state index contributed by atoms with van der Waals surface area (Å²) in [6.07, 6.45) is 1.14. The molecule has 19 heavy (non-hydrogen) atoms. The van der Waals surface area contributed by atoms with Crippen molar-refractivity contribution in [2.45, 2.75) is 4.90 Å². The third kappa shape index (κ3) is 3.00. The van der Waals surface area contributed by atoms with Gasteiger partial charge in [-0.05, 0) is 36.4 Å². The van der Waals surface area contributed by atoms with Crippen LogP contribution in [-0.2, 0) is 10.0 Å². The normalized spacial score (nSPS) is 10.7. The van der Waals surface area contributed by atoms with Crippen LogP contribution in [0.3, 0.4) is 0 Å². The molecule has 1 aromatic carbocycles. The number of anilines is 2. The molecular weight excluding hydrogens is 264 g/mol. The molecule has 0 aliphatic heterocycles. The molecule has 1 aromatic heterocycles. The quantitative estimate of drug-likeness (QED) is 0.821. The molecule has 6 nitrogen and oxygen atoms in total. The van der Waals surface area contributed by atoms with Crippen LogP contribution < -0.4 is 10.5 Å². The van der Waals surface area contributed by atoms with Crippen LogP contribution in [0.15, 0.2) is 47.5 Å². The number of nitrogens with zero attached hydrogens (tertiary/aromatic N) is 2. The van der Waals surface area contributed by atoms with E-state index in [0.717, 1.165) is 6.20 Å². The van der Waals surface area contributed by atoms with Crippen molar-refractivity contribution in [3.8, 4) is 6.07 Å². The van der Waals surface area contributed by atoms with E-state index in [-0.39, 0.29) is 10.6 Å². The van der Waals surface area contributed by atoms with E-state index in [0.29, 0.717) is 11.4 Å². The fraction of sp³-hybridized carbons (Fsp3) is 0. The van der Waals surface area contributed by atoms with E-state index in [1.54, 1.807) is 24.3 Å². The standard InChI is InChI=1S/C12H10N4O2S/c13-7-11-5-6-12(8-15-11)19(17,18)16-10-3-1-9(14)2-4-10/h1-6,8,16H,14H2. The molecule has 96 valence electrons. The van der Waals surface area contributed by atoms with Gasteiger partial charge < -0.3 is 5.73 Å². The first-order chi connectivity index (χ1) is 9.01. The average molecular weight is 274 g/mol. The number of benzene rings is 1. The zero-order chi connectivity index (χ0) is 13.9. The Bertz CT molecular complexity index is 716. The SMILES string of the molecule is N#Cc1ccc(S(=O)(=O)Nc2ccc(N)cc2)cn1. The van der Waals surface area contributed by atoms with E-state index < -0.39 is 10.0 Å². The summed E-state index contributed by atoms with van der Waals surface area (Å²) in [4.78, 5) is 3.71. The van der Waals surface area contributed by atoms with E-state index in [1.165, 1.54) is 12.1 Å². The van der Waals surface area contributed by atoms with Gasteiger partial charge in [0.2, 0.25) is 0 Å². The minimum absolute atomic E-state index is 0.0108. The van der Waals surface area contributed by atoms with Crippen molar-refractivity contribution in [3.63, 3.8) is 0 Å². The number of nitriles is 1. The van der Waals surface area contributed by atoms with Crippen molar-refractivity contribution < 1.29 is 8.42 Å². The summed E-state index contributed by atoms with van der Waals surface area (Å²) in [5.74, 6) is 0. The maximum Gasteiger partial charge on any atom is 0.263 e. The van der Waals surface area contributed by atoms with Gasteiger partial charge in [0.1, 0.15) is 16.7 Å². The molecule has 3 N–H and O–H groups in total. The van der Waals surface area contributed by atoms with Crippen LogP contribution in [0, 0.1) is 11.3 Å². The van der Waals surface area contributed by atoms with E-state index in [4.69, 9.17) is 11.0 Å². The molecule has 7 heteroatoms. The third-order valence-electron chi connectivity index (χ3n) is 2.32. The first-order valence-corrected chi connectivity index (χ1v) is 6.74. The Morgan fingerprint density at radius 2 is 1.84 bits per heavy atom. The number of nitrogens with two attached hydrogens (primary N) is 1. The summed E-state index contributed by atoms with van der Waals surface area (Å²) in [5, 5.41) is 8.60. The fourth-order valence-corrected chi connectivity index (χ4v) is 2.37. The molecule has 0 aliphatic carbocycles. The highest BCUT2D eigenvalue weighted by molar-refractivity contribution is 7.92. The fourth-order valence-electron chi connectivity index (χ4n) is 1.37. The molecule has 0 saturated carbocycles. The summed E-state index contributed by atoms with van der Waals surface area (Å²) in [6, 6.07) is 10.8. The molecule has 1 heterocycles. The Morgan fingerprint density at radius 1 is 1.16 bits per heavy atom. The second-order valence-corrected chi connectivity index (χ2v) is 5.40. The average Bonchev–Trinajstić information content (AvgIpc) is 2.41. The predicted molar refractivity (Wildman–Crippen MR) is 70.6 cm³/mol. The van der Waals surface area contributed by atoms with Crippen LogP contribution in [0.25, 0.3) is 0 Å². The summed E-state index contributed by atoms with van der Waals surface area (Å²) < 4.78 is 26.4. The summed E-state index contributed by atoms with van der Waals surface area (Å²) in [5.41, 5.74) is 6.62. The molecule has 0 unspecified atom stereocenters. The number of pyridine rings is 1. The topological polar surface area (TPSA) is 109 Å². The number of rotatable bonds is 3. The zero-order valence-electron chi connectivity index (χ0n) is 9.74. The lowest BCUT2D eigenvalue weighted by Gasteiger charge is -2.07. The second kappa shape index (κ2) is 4.96. The van der Waals surface area contributed by atoms with Crippen LogP contribution in [0.2, 0.25) is 0 Å². The van der Waals surface area contributed by atoms with Crippen molar-refractivity contribution in [3.05, 3.63) is 48.3 Å². The van der Waals surface area contributed by atoms with Gasteiger partial charge in [0.25, 0.3) is 10.0 Å². The lowest BCUT2D eigenvalue weighted by molar-refractivity contribution is 0.601. The van der Waals surface area contributed by atoms with E-state index in [9.17, 15) is 8.42 Å². The molecule has 0 saturated heterocycles. The van der Waals surface area contributed by atoms with Crippen LogP contribution in [0.1, 0.15) is 5.69 Å². The minimum Gasteiger partial charge on any atom is -0.399 e. The molecule has 0 aliphatic rings. The van der Waals surface area contributed by atoms with Gasteiger partial charge in [-0.2, -0.15) is 5.26 Å². The van der Waals surface area contributed by atoms with Crippen LogP contribution in [0.4, 0.5) is 11.4 Å².